The molecule has 3 rings (SSSR count). The van der Waals surface area contributed by atoms with Crippen molar-refractivity contribution in [3.05, 3.63) is 29.8 Å². The van der Waals surface area contributed by atoms with Gasteiger partial charge in [-0.2, -0.15) is 0 Å². The molecule has 5 nitrogen and oxygen atoms in total. The minimum atomic E-state index is -0.700. The Bertz CT molecular complexity index is 534. The Morgan fingerprint density at radius 2 is 1.68 bits per heavy atom. The Hall–Kier alpha value is -1.73. The van der Waals surface area contributed by atoms with Crippen LogP contribution in [-0.2, 0) is 0 Å². The van der Waals surface area contributed by atoms with Crippen LogP contribution in [-0.4, -0.2) is 73.1 Å². The number of likely N-dealkylation sites (N-methyl/N-ethyl adjacent to an activating group) is 1. The van der Waals surface area contributed by atoms with Crippen LogP contribution in [0.1, 0.15) is 0 Å². The molecule has 2 saturated heterocycles. The minimum absolute atomic E-state index is 0.144. The number of anilines is 1. The second-order valence-electron chi connectivity index (χ2n) is 5.99. The fraction of sp³-hybridized carbons (Fsp3) is 0.533. The number of urea groups is 1. The Morgan fingerprint density at radius 1 is 1.09 bits per heavy atom. The lowest BCUT2D eigenvalue weighted by Crippen LogP contribution is -2.64. The van der Waals surface area contributed by atoms with Gasteiger partial charge in [-0.15, -0.1) is 0 Å². The number of rotatable bonds is 2. The first-order valence-corrected chi connectivity index (χ1v) is 7.46. The molecule has 0 unspecified atom stereocenters. The molecule has 0 spiro atoms. The summed E-state index contributed by atoms with van der Waals surface area (Å²) in [7, 11) is 2.11. The number of benzene rings is 1. The third-order valence-corrected chi connectivity index (χ3v) is 4.32. The van der Waals surface area contributed by atoms with Gasteiger partial charge in [0.15, 0.2) is 0 Å². The third-order valence-electron chi connectivity index (χ3n) is 4.32. The molecular formula is C15H20F2N4O. The van der Waals surface area contributed by atoms with Crippen molar-refractivity contribution >= 4 is 11.7 Å². The van der Waals surface area contributed by atoms with Crippen LogP contribution in [0, 0.1) is 11.6 Å². The van der Waals surface area contributed by atoms with Gasteiger partial charge in [0.2, 0.25) is 0 Å². The molecule has 0 aliphatic carbocycles. The lowest BCUT2D eigenvalue weighted by Gasteiger charge is -2.47. The van der Waals surface area contributed by atoms with Crippen molar-refractivity contribution in [2.75, 3.05) is 51.6 Å². The summed E-state index contributed by atoms with van der Waals surface area (Å²) in [4.78, 5) is 18.4. The predicted molar refractivity (Wildman–Crippen MR) is 79.8 cm³/mol. The fourth-order valence-corrected chi connectivity index (χ4v) is 2.87. The molecule has 120 valence electrons. The van der Waals surface area contributed by atoms with E-state index in [0.29, 0.717) is 19.1 Å². The zero-order valence-electron chi connectivity index (χ0n) is 12.6. The molecule has 0 aromatic heterocycles. The van der Waals surface area contributed by atoms with Crippen LogP contribution in [0.15, 0.2) is 18.2 Å². The van der Waals surface area contributed by atoms with Gasteiger partial charge < -0.3 is 15.1 Å². The summed E-state index contributed by atoms with van der Waals surface area (Å²) in [6, 6.07) is 3.08. The summed E-state index contributed by atoms with van der Waals surface area (Å²) >= 11 is 0. The topological polar surface area (TPSA) is 38.8 Å². The molecule has 2 fully saturated rings. The van der Waals surface area contributed by atoms with Crippen LogP contribution >= 0.6 is 0 Å². The SMILES string of the molecule is CN1CCN(C2CN(C(=O)Nc3cc(F)cc(F)c3)C2)CC1. The number of nitrogens with zero attached hydrogens (tertiary/aromatic N) is 3. The minimum Gasteiger partial charge on any atom is -0.321 e. The monoisotopic (exact) mass is 310 g/mol. The highest BCUT2D eigenvalue weighted by molar-refractivity contribution is 5.89. The van der Waals surface area contributed by atoms with Gasteiger partial charge in [0.05, 0.1) is 0 Å². The van der Waals surface area contributed by atoms with Gasteiger partial charge in [0.1, 0.15) is 11.6 Å². The number of piperazine rings is 1. The van der Waals surface area contributed by atoms with Gasteiger partial charge in [0, 0.05) is 57.1 Å². The Labute approximate surface area is 128 Å². The largest absolute Gasteiger partial charge is 0.321 e. The molecule has 0 saturated carbocycles. The van der Waals surface area contributed by atoms with E-state index < -0.39 is 11.6 Å². The fourth-order valence-electron chi connectivity index (χ4n) is 2.87. The van der Waals surface area contributed by atoms with Crippen LogP contribution in [0.5, 0.6) is 0 Å². The number of halogens is 2. The zero-order chi connectivity index (χ0) is 15.7. The normalized spacial score (nSPS) is 20.8. The lowest BCUT2D eigenvalue weighted by atomic mass is 10.1. The molecule has 2 amide bonds. The summed E-state index contributed by atoms with van der Waals surface area (Å²) in [5.41, 5.74) is 0.144. The highest BCUT2D eigenvalue weighted by Gasteiger charge is 2.35. The van der Waals surface area contributed by atoms with Crippen molar-refractivity contribution in [2.45, 2.75) is 6.04 Å². The van der Waals surface area contributed by atoms with Crippen LogP contribution < -0.4 is 5.32 Å². The van der Waals surface area contributed by atoms with E-state index in [1.54, 1.807) is 4.90 Å². The van der Waals surface area contributed by atoms with Crippen molar-refractivity contribution in [3.8, 4) is 0 Å². The molecule has 22 heavy (non-hydrogen) atoms. The quantitative estimate of drug-likeness (QED) is 0.898. The molecule has 2 aliphatic heterocycles. The number of hydrogen-bond acceptors (Lipinski definition) is 3. The summed E-state index contributed by atoms with van der Waals surface area (Å²) < 4.78 is 26.2. The average molecular weight is 310 g/mol. The van der Waals surface area contributed by atoms with E-state index in [0.717, 1.165) is 44.4 Å². The van der Waals surface area contributed by atoms with Gasteiger partial charge in [-0.3, -0.25) is 4.90 Å². The highest BCUT2D eigenvalue weighted by Crippen LogP contribution is 2.19. The number of carbonyl (C=O) groups is 1. The van der Waals surface area contributed by atoms with Crippen molar-refractivity contribution in [2.24, 2.45) is 0 Å². The van der Waals surface area contributed by atoms with Crippen LogP contribution in [0.2, 0.25) is 0 Å². The smallest absolute Gasteiger partial charge is 0.321 e. The molecule has 2 heterocycles. The van der Waals surface area contributed by atoms with E-state index in [9.17, 15) is 13.6 Å². The van der Waals surface area contributed by atoms with E-state index >= 15 is 0 Å². The summed E-state index contributed by atoms with van der Waals surface area (Å²) in [6.07, 6.45) is 0. The van der Waals surface area contributed by atoms with Gasteiger partial charge in [-0.05, 0) is 19.2 Å². The molecule has 1 aromatic carbocycles. The molecule has 0 bridgehead atoms. The van der Waals surface area contributed by atoms with Gasteiger partial charge in [-0.1, -0.05) is 0 Å². The maximum atomic E-state index is 13.1. The molecule has 1 N–H and O–H groups in total. The van der Waals surface area contributed by atoms with Gasteiger partial charge in [-0.25, -0.2) is 13.6 Å². The molecule has 1 aromatic rings. The highest BCUT2D eigenvalue weighted by atomic mass is 19.1. The van der Waals surface area contributed by atoms with Crippen molar-refractivity contribution in [3.63, 3.8) is 0 Å². The number of likely N-dealkylation sites (tertiary alicyclic amines) is 1. The Morgan fingerprint density at radius 3 is 2.27 bits per heavy atom. The third kappa shape index (κ3) is 3.36. The molecular weight excluding hydrogens is 290 g/mol. The molecule has 0 atom stereocenters. The Kier molecular flexibility index (Phi) is 4.26. The Balaban J connectivity index is 1.49. The molecule has 0 radical (unpaired) electrons. The number of carbonyl (C=O) groups excluding carboxylic acids is 1. The van der Waals surface area contributed by atoms with E-state index in [1.165, 1.54) is 0 Å². The zero-order valence-corrected chi connectivity index (χ0v) is 12.6. The number of nitrogens with one attached hydrogen (secondary N) is 1. The first-order valence-electron chi connectivity index (χ1n) is 7.46. The van der Waals surface area contributed by atoms with Gasteiger partial charge in [0.25, 0.3) is 0 Å². The average Bonchev–Trinajstić information content (AvgIpc) is 2.38. The number of hydrogen-bond donors (Lipinski definition) is 1. The van der Waals surface area contributed by atoms with Crippen LogP contribution in [0.25, 0.3) is 0 Å². The second kappa shape index (κ2) is 6.18. The molecule has 2 aliphatic rings. The summed E-state index contributed by atoms with van der Waals surface area (Å²) in [5, 5.41) is 2.54. The van der Waals surface area contributed by atoms with E-state index in [4.69, 9.17) is 0 Å². The summed E-state index contributed by atoms with van der Waals surface area (Å²) in [6.45, 7) is 5.45. The lowest BCUT2D eigenvalue weighted by molar-refractivity contribution is 0.0318. The predicted octanol–water partition coefficient (Wildman–Crippen LogP) is 1.43. The number of amides is 2. The standard InChI is InChI=1S/C15H20F2N4O/c1-19-2-4-20(5-3-19)14-9-21(10-14)15(22)18-13-7-11(16)6-12(17)8-13/h6-8,14H,2-5,9-10H2,1H3,(H,18,22). The maximum absolute atomic E-state index is 13.1. The molecule has 7 heteroatoms. The second-order valence-corrected chi connectivity index (χ2v) is 5.99. The first kappa shape index (κ1) is 15.2. The maximum Gasteiger partial charge on any atom is 0.321 e. The van der Waals surface area contributed by atoms with E-state index in [2.05, 4.69) is 22.2 Å². The van der Waals surface area contributed by atoms with Crippen molar-refractivity contribution < 1.29 is 13.6 Å². The van der Waals surface area contributed by atoms with Crippen molar-refractivity contribution in [1.29, 1.82) is 0 Å². The van der Waals surface area contributed by atoms with Crippen molar-refractivity contribution in [1.82, 2.24) is 14.7 Å². The van der Waals surface area contributed by atoms with E-state index in [-0.39, 0.29) is 11.7 Å². The van der Waals surface area contributed by atoms with Crippen LogP contribution in [0.3, 0.4) is 0 Å². The summed E-state index contributed by atoms with van der Waals surface area (Å²) in [5.74, 6) is -1.40. The van der Waals surface area contributed by atoms with Crippen LogP contribution in [0.4, 0.5) is 19.3 Å². The van der Waals surface area contributed by atoms with Gasteiger partial charge >= 0.3 is 6.03 Å². The first-order chi connectivity index (χ1) is 10.5. The van der Waals surface area contributed by atoms with E-state index in [1.807, 2.05) is 0 Å².